The van der Waals surface area contributed by atoms with Crippen LogP contribution in [0.4, 0.5) is 23.7 Å². The zero-order chi connectivity index (χ0) is 17.1. The topological polar surface area (TPSA) is 84.5 Å². The van der Waals surface area contributed by atoms with Crippen molar-refractivity contribution in [1.82, 2.24) is 5.32 Å². The Morgan fingerprint density at radius 2 is 2.09 bits per heavy atom. The van der Waals surface area contributed by atoms with Crippen molar-refractivity contribution in [2.45, 2.75) is 18.6 Å². The van der Waals surface area contributed by atoms with E-state index in [9.17, 15) is 26.4 Å². The highest BCUT2D eigenvalue weighted by Gasteiger charge is 2.29. The molecule has 0 aromatic heterocycles. The summed E-state index contributed by atoms with van der Waals surface area (Å²) in [5.74, 6) is -0.128. The molecular weight excluding hydrogens is 337 g/mol. The summed E-state index contributed by atoms with van der Waals surface area (Å²) in [5.41, 5.74) is 0.239. The van der Waals surface area contributed by atoms with Gasteiger partial charge in [0, 0.05) is 17.8 Å². The van der Waals surface area contributed by atoms with Gasteiger partial charge in [0.2, 0.25) is 0 Å². The Bertz CT molecular complexity index is 676. The van der Waals surface area contributed by atoms with E-state index in [0.717, 1.165) is 0 Å². The lowest BCUT2D eigenvalue weighted by Crippen LogP contribution is -2.38. The molecule has 0 radical (unpaired) electrons. The largest absolute Gasteiger partial charge is 0.484 e. The van der Waals surface area contributed by atoms with Crippen LogP contribution in [-0.4, -0.2) is 44.8 Å². The number of amides is 2. The molecule has 0 aliphatic carbocycles. The van der Waals surface area contributed by atoms with E-state index in [2.05, 4.69) is 15.4 Å². The summed E-state index contributed by atoms with van der Waals surface area (Å²) in [6.07, 6.45) is -4.11. The SMILES string of the molecule is O=C(Nc1cccc(OCC(F)(F)F)c1)NC1CCS(=O)(=O)C1. The van der Waals surface area contributed by atoms with Gasteiger partial charge in [-0.05, 0) is 18.6 Å². The van der Waals surface area contributed by atoms with Crippen LogP contribution in [0.5, 0.6) is 5.75 Å². The lowest BCUT2D eigenvalue weighted by molar-refractivity contribution is -0.153. The number of carbonyl (C=O) groups excluding carboxylic acids is 1. The first-order valence-corrected chi connectivity index (χ1v) is 8.53. The van der Waals surface area contributed by atoms with Crippen molar-refractivity contribution >= 4 is 21.6 Å². The first-order valence-electron chi connectivity index (χ1n) is 6.70. The molecular formula is C13H15F3N2O4S. The van der Waals surface area contributed by atoms with Gasteiger partial charge >= 0.3 is 12.2 Å². The molecule has 1 aromatic rings. The van der Waals surface area contributed by atoms with Crippen LogP contribution in [0.1, 0.15) is 6.42 Å². The van der Waals surface area contributed by atoms with Crippen molar-refractivity contribution in [2.24, 2.45) is 0 Å². The van der Waals surface area contributed by atoms with Gasteiger partial charge in [0.1, 0.15) is 5.75 Å². The van der Waals surface area contributed by atoms with Crippen LogP contribution in [0.3, 0.4) is 0 Å². The Balaban J connectivity index is 1.88. The highest BCUT2D eigenvalue weighted by atomic mass is 32.2. The molecule has 1 heterocycles. The normalized spacial score (nSPS) is 20.0. The first-order chi connectivity index (χ1) is 10.6. The Morgan fingerprint density at radius 3 is 2.70 bits per heavy atom. The van der Waals surface area contributed by atoms with Gasteiger partial charge in [0.15, 0.2) is 16.4 Å². The lowest BCUT2D eigenvalue weighted by atomic mass is 10.2. The van der Waals surface area contributed by atoms with Crippen molar-refractivity contribution in [3.05, 3.63) is 24.3 Å². The number of hydrogen-bond donors (Lipinski definition) is 2. The molecule has 1 unspecified atom stereocenters. The minimum Gasteiger partial charge on any atom is -0.484 e. The Morgan fingerprint density at radius 1 is 1.35 bits per heavy atom. The maximum atomic E-state index is 12.1. The molecule has 6 nitrogen and oxygen atoms in total. The van der Waals surface area contributed by atoms with Gasteiger partial charge < -0.3 is 15.4 Å². The maximum absolute atomic E-state index is 12.1. The summed E-state index contributed by atoms with van der Waals surface area (Å²) in [7, 11) is -3.11. The predicted octanol–water partition coefficient (Wildman–Crippen LogP) is 1.94. The third-order valence-electron chi connectivity index (χ3n) is 3.06. The highest BCUT2D eigenvalue weighted by Crippen LogP contribution is 2.21. The fourth-order valence-electron chi connectivity index (χ4n) is 2.09. The minimum absolute atomic E-state index is 0.0265. The predicted molar refractivity (Wildman–Crippen MR) is 77.2 cm³/mol. The van der Waals surface area contributed by atoms with Crippen LogP contribution in [0, 0.1) is 0 Å². The number of rotatable bonds is 4. The van der Waals surface area contributed by atoms with Gasteiger partial charge in [0.05, 0.1) is 11.5 Å². The Hall–Kier alpha value is -1.97. The summed E-state index contributed by atoms with van der Waals surface area (Å²) in [6, 6.07) is 4.40. The van der Waals surface area contributed by atoms with E-state index >= 15 is 0 Å². The second-order valence-corrected chi connectivity index (χ2v) is 7.36. The average Bonchev–Trinajstić information content (AvgIpc) is 2.75. The molecule has 1 aromatic carbocycles. The molecule has 10 heteroatoms. The number of sulfone groups is 1. The number of hydrogen-bond acceptors (Lipinski definition) is 4. The molecule has 0 saturated carbocycles. The van der Waals surface area contributed by atoms with E-state index in [4.69, 9.17) is 0 Å². The molecule has 1 fully saturated rings. The Labute approximate surface area is 130 Å². The molecule has 2 N–H and O–H groups in total. The van der Waals surface area contributed by atoms with Crippen molar-refractivity contribution in [1.29, 1.82) is 0 Å². The van der Waals surface area contributed by atoms with E-state index < -0.39 is 34.7 Å². The number of benzene rings is 1. The summed E-state index contributed by atoms with van der Waals surface area (Å²) in [4.78, 5) is 11.8. The van der Waals surface area contributed by atoms with Crippen molar-refractivity contribution < 1.29 is 31.1 Å². The van der Waals surface area contributed by atoms with E-state index in [1.807, 2.05) is 0 Å². The average molecular weight is 352 g/mol. The number of ether oxygens (including phenoxy) is 1. The van der Waals surface area contributed by atoms with E-state index in [-0.39, 0.29) is 22.9 Å². The quantitative estimate of drug-likeness (QED) is 0.867. The number of halogens is 3. The number of carbonyl (C=O) groups is 1. The summed E-state index contributed by atoms with van der Waals surface area (Å²) >= 11 is 0. The van der Waals surface area contributed by atoms with Crippen LogP contribution in [0.25, 0.3) is 0 Å². The fourth-order valence-corrected chi connectivity index (χ4v) is 3.76. The fraction of sp³-hybridized carbons (Fsp3) is 0.462. The molecule has 1 aliphatic rings. The molecule has 1 saturated heterocycles. The van der Waals surface area contributed by atoms with Gasteiger partial charge in [-0.25, -0.2) is 13.2 Å². The van der Waals surface area contributed by atoms with Gasteiger partial charge in [-0.1, -0.05) is 6.07 Å². The second-order valence-electron chi connectivity index (χ2n) is 5.13. The van der Waals surface area contributed by atoms with Crippen molar-refractivity contribution in [2.75, 3.05) is 23.4 Å². The van der Waals surface area contributed by atoms with Gasteiger partial charge in [-0.15, -0.1) is 0 Å². The van der Waals surface area contributed by atoms with Gasteiger partial charge in [-0.2, -0.15) is 13.2 Å². The smallest absolute Gasteiger partial charge is 0.422 e. The summed E-state index contributed by atoms with van der Waals surface area (Å²) in [6.45, 7) is -1.43. The minimum atomic E-state index is -4.45. The highest BCUT2D eigenvalue weighted by molar-refractivity contribution is 7.91. The lowest BCUT2D eigenvalue weighted by Gasteiger charge is -2.13. The summed E-state index contributed by atoms with van der Waals surface area (Å²) in [5, 5.41) is 4.94. The zero-order valence-corrected chi connectivity index (χ0v) is 12.7. The van der Waals surface area contributed by atoms with E-state index in [1.54, 1.807) is 0 Å². The van der Waals surface area contributed by atoms with Gasteiger partial charge in [-0.3, -0.25) is 0 Å². The van der Waals surface area contributed by atoms with Crippen LogP contribution in [0.2, 0.25) is 0 Å². The van der Waals surface area contributed by atoms with Crippen LogP contribution in [-0.2, 0) is 9.84 Å². The van der Waals surface area contributed by atoms with Crippen molar-refractivity contribution in [3.8, 4) is 5.75 Å². The number of nitrogens with one attached hydrogen (secondary N) is 2. The third-order valence-corrected chi connectivity index (χ3v) is 4.83. The molecule has 2 rings (SSSR count). The third kappa shape index (κ3) is 5.97. The molecule has 23 heavy (non-hydrogen) atoms. The standard InChI is InChI=1S/C13H15F3N2O4S/c14-13(15,16)8-22-11-3-1-2-9(6-11)17-12(19)18-10-4-5-23(20,21)7-10/h1-3,6,10H,4-5,7-8H2,(H2,17,18,19). The zero-order valence-electron chi connectivity index (χ0n) is 11.9. The molecule has 0 bridgehead atoms. The first kappa shape index (κ1) is 17.4. The molecule has 128 valence electrons. The number of anilines is 1. The molecule has 0 spiro atoms. The summed E-state index contributed by atoms with van der Waals surface area (Å²) < 4.78 is 63.4. The van der Waals surface area contributed by atoms with Crippen LogP contribution in [0.15, 0.2) is 24.3 Å². The van der Waals surface area contributed by atoms with Gasteiger partial charge in [0.25, 0.3) is 0 Å². The van der Waals surface area contributed by atoms with E-state index in [0.29, 0.717) is 6.42 Å². The molecule has 1 atom stereocenters. The molecule has 1 aliphatic heterocycles. The van der Waals surface area contributed by atoms with Crippen LogP contribution < -0.4 is 15.4 Å². The maximum Gasteiger partial charge on any atom is 0.422 e. The molecule has 2 amide bonds. The second kappa shape index (κ2) is 6.65. The van der Waals surface area contributed by atoms with Crippen molar-refractivity contribution in [3.63, 3.8) is 0 Å². The Kier molecular flexibility index (Phi) is 5.03. The monoisotopic (exact) mass is 352 g/mol. The number of urea groups is 1. The van der Waals surface area contributed by atoms with E-state index in [1.165, 1.54) is 24.3 Å². The van der Waals surface area contributed by atoms with Crippen LogP contribution >= 0.6 is 0 Å². The number of alkyl halides is 3.